The molecule has 5 heteroatoms. The van der Waals surface area contributed by atoms with Gasteiger partial charge in [-0.2, -0.15) is 0 Å². The summed E-state index contributed by atoms with van der Waals surface area (Å²) < 4.78 is 2.20. The van der Waals surface area contributed by atoms with Crippen molar-refractivity contribution in [1.29, 1.82) is 0 Å². The van der Waals surface area contributed by atoms with Crippen LogP contribution in [0.1, 0.15) is 50.6 Å². The van der Waals surface area contributed by atoms with E-state index in [0.717, 1.165) is 50.1 Å². The van der Waals surface area contributed by atoms with Gasteiger partial charge in [-0.15, -0.1) is 0 Å². The first kappa shape index (κ1) is 22.0. The third kappa shape index (κ3) is 6.39. The van der Waals surface area contributed by atoms with Crippen LogP contribution in [0, 0.1) is 0 Å². The van der Waals surface area contributed by atoms with E-state index in [1.54, 1.807) is 0 Å². The minimum atomic E-state index is 0.764. The third-order valence-corrected chi connectivity index (χ3v) is 6.27. The molecule has 166 valence electrons. The Balaban J connectivity index is 1.16. The Hall–Kier alpha value is -2.21. The van der Waals surface area contributed by atoms with E-state index in [2.05, 4.69) is 69.0 Å². The van der Waals surface area contributed by atoms with Crippen molar-refractivity contribution in [3.63, 3.8) is 0 Å². The van der Waals surface area contributed by atoms with Gasteiger partial charge >= 0.3 is 0 Å². The summed E-state index contributed by atoms with van der Waals surface area (Å²) in [6, 6.07) is 17.4. The lowest BCUT2D eigenvalue weighted by Crippen LogP contribution is -2.36. The van der Waals surface area contributed by atoms with Gasteiger partial charge in [0.15, 0.2) is 0 Å². The smallest absolute Gasteiger partial charge is 0.137 e. The molecule has 1 fully saturated rings. The molecule has 1 saturated carbocycles. The van der Waals surface area contributed by atoms with Crippen LogP contribution in [0.5, 0.6) is 0 Å². The van der Waals surface area contributed by atoms with Crippen LogP contribution in [-0.4, -0.2) is 41.6 Å². The number of pyridine rings is 1. The number of hydrogen-bond acceptors (Lipinski definition) is 4. The van der Waals surface area contributed by atoms with Crippen molar-refractivity contribution in [2.24, 2.45) is 0 Å². The number of nitrogens with one attached hydrogen (secondary N) is 3. The maximum atomic E-state index is 4.88. The van der Waals surface area contributed by atoms with E-state index in [9.17, 15) is 0 Å². The fraction of sp³-hybridized carbons (Fsp3) is 0.500. The van der Waals surface area contributed by atoms with Crippen LogP contribution in [0.25, 0.3) is 16.9 Å². The first-order valence-electron chi connectivity index (χ1n) is 12.1. The summed E-state index contributed by atoms with van der Waals surface area (Å²) in [6.07, 6.45) is 11.5. The van der Waals surface area contributed by atoms with Gasteiger partial charge in [0.1, 0.15) is 5.65 Å². The molecule has 1 aromatic carbocycles. The quantitative estimate of drug-likeness (QED) is 0.381. The zero-order chi connectivity index (χ0) is 21.1. The number of aromatic nitrogens is 2. The molecular weight excluding hydrogens is 382 g/mol. The molecule has 0 unspecified atom stereocenters. The van der Waals surface area contributed by atoms with Crippen LogP contribution in [0.3, 0.4) is 0 Å². The van der Waals surface area contributed by atoms with E-state index in [1.165, 1.54) is 56.2 Å². The van der Waals surface area contributed by atoms with Crippen molar-refractivity contribution < 1.29 is 0 Å². The van der Waals surface area contributed by atoms with Crippen molar-refractivity contribution in [2.75, 3.05) is 26.2 Å². The summed E-state index contributed by atoms with van der Waals surface area (Å²) >= 11 is 0. The van der Waals surface area contributed by atoms with Crippen molar-refractivity contribution in [3.8, 4) is 11.3 Å². The molecule has 0 bridgehead atoms. The van der Waals surface area contributed by atoms with Gasteiger partial charge in [-0.3, -0.25) is 0 Å². The number of nitrogens with zero attached hydrogens (tertiary/aromatic N) is 2. The number of unbranched alkanes of at least 4 members (excludes halogenated alkanes) is 1. The standard InChI is InChI=1S/C26H37N5/c1-3-11-22(12-4-1)26-24(31-20-10-7-15-25(31)30-26)21-28-17-9-8-16-27-18-19-29-23-13-5-2-6-14-23/h1,3-4,7,10-12,15,20,23,27-29H,2,5-6,8-9,13-14,16-19,21H2. The van der Waals surface area contributed by atoms with E-state index >= 15 is 0 Å². The molecule has 31 heavy (non-hydrogen) atoms. The highest BCUT2D eigenvalue weighted by molar-refractivity contribution is 5.66. The van der Waals surface area contributed by atoms with Crippen molar-refractivity contribution in [1.82, 2.24) is 25.3 Å². The molecule has 0 radical (unpaired) electrons. The average Bonchev–Trinajstić information content (AvgIpc) is 3.20. The van der Waals surface area contributed by atoms with Crippen LogP contribution in [0.15, 0.2) is 54.7 Å². The lowest BCUT2D eigenvalue weighted by molar-refractivity contribution is 0.372. The fourth-order valence-corrected chi connectivity index (χ4v) is 4.55. The zero-order valence-electron chi connectivity index (χ0n) is 18.7. The molecule has 5 nitrogen and oxygen atoms in total. The first-order valence-corrected chi connectivity index (χ1v) is 12.1. The minimum absolute atomic E-state index is 0.764. The Morgan fingerprint density at radius 3 is 2.42 bits per heavy atom. The number of imidazole rings is 1. The lowest BCUT2D eigenvalue weighted by Gasteiger charge is -2.22. The van der Waals surface area contributed by atoms with E-state index in [0.29, 0.717) is 0 Å². The van der Waals surface area contributed by atoms with E-state index in [4.69, 9.17) is 4.98 Å². The van der Waals surface area contributed by atoms with Gasteiger partial charge in [-0.1, -0.05) is 55.7 Å². The molecule has 3 aromatic rings. The second-order valence-corrected chi connectivity index (χ2v) is 8.62. The second-order valence-electron chi connectivity index (χ2n) is 8.62. The lowest BCUT2D eigenvalue weighted by atomic mass is 9.95. The normalized spacial score (nSPS) is 15.0. The summed E-state index contributed by atoms with van der Waals surface area (Å²) in [7, 11) is 0. The van der Waals surface area contributed by atoms with Gasteiger partial charge in [0.05, 0.1) is 11.4 Å². The number of benzene rings is 1. The maximum absolute atomic E-state index is 4.88. The van der Waals surface area contributed by atoms with E-state index in [1.807, 2.05) is 6.07 Å². The molecule has 1 aliphatic rings. The van der Waals surface area contributed by atoms with E-state index in [-0.39, 0.29) is 0 Å². The molecule has 3 N–H and O–H groups in total. The molecule has 0 amide bonds. The van der Waals surface area contributed by atoms with Crippen molar-refractivity contribution in [3.05, 3.63) is 60.4 Å². The summed E-state index contributed by atoms with van der Waals surface area (Å²) in [4.78, 5) is 4.88. The maximum Gasteiger partial charge on any atom is 0.137 e. The van der Waals surface area contributed by atoms with Crippen LogP contribution in [0.4, 0.5) is 0 Å². The minimum Gasteiger partial charge on any atom is -0.315 e. The topological polar surface area (TPSA) is 53.4 Å². The number of rotatable bonds is 12. The van der Waals surface area contributed by atoms with Crippen molar-refractivity contribution in [2.45, 2.75) is 57.5 Å². The Morgan fingerprint density at radius 1 is 0.806 bits per heavy atom. The monoisotopic (exact) mass is 419 g/mol. The Bertz CT molecular complexity index is 899. The van der Waals surface area contributed by atoms with Gasteiger partial charge in [0.25, 0.3) is 0 Å². The molecule has 0 saturated heterocycles. The van der Waals surface area contributed by atoms with Crippen molar-refractivity contribution >= 4 is 5.65 Å². The number of hydrogen-bond donors (Lipinski definition) is 3. The largest absolute Gasteiger partial charge is 0.315 e. The molecule has 2 heterocycles. The van der Waals surface area contributed by atoms with Gasteiger partial charge in [0, 0.05) is 37.4 Å². The highest BCUT2D eigenvalue weighted by Crippen LogP contribution is 2.24. The predicted molar refractivity (Wildman–Crippen MR) is 129 cm³/mol. The molecule has 1 aliphatic carbocycles. The average molecular weight is 420 g/mol. The third-order valence-electron chi connectivity index (χ3n) is 6.27. The molecule has 0 spiro atoms. The Kier molecular flexibility index (Phi) is 8.51. The summed E-state index contributed by atoms with van der Waals surface area (Å²) in [6.45, 7) is 5.12. The van der Waals surface area contributed by atoms with Gasteiger partial charge < -0.3 is 20.4 Å². The zero-order valence-corrected chi connectivity index (χ0v) is 18.7. The summed E-state index contributed by atoms with van der Waals surface area (Å²) in [5.74, 6) is 0. The summed E-state index contributed by atoms with van der Waals surface area (Å²) in [5, 5.41) is 10.9. The van der Waals surface area contributed by atoms with E-state index < -0.39 is 0 Å². The van der Waals surface area contributed by atoms with Crippen LogP contribution < -0.4 is 16.0 Å². The molecule has 4 rings (SSSR count). The fourth-order valence-electron chi connectivity index (χ4n) is 4.55. The van der Waals surface area contributed by atoms with Gasteiger partial charge in [0.2, 0.25) is 0 Å². The number of fused-ring (bicyclic) bond motifs is 1. The molecular formula is C26H37N5. The molecule has 2 aromatic heterocycles. The summed E-state index contributed by atoms with van der Waals surface area (Å²) in [5.41, 5.74) is 4.48. The highest BCUT2D eigenvalue weighted by atomic mass is 15.0. The van der Waals surface area contributed by atoms with Crippen LogP contribution >= 0.6 is 0 Å². The predicted octanol–water partition coefficient (Wildman–Crippen LogP) is 4.38. The molecule has 0 atom stereocenters. The van der Waals surface area contributed by atoms with Gasteiger partial charge in [-0.25, -0.2) is 4.98 Å². The Morgan fingerprint density at radius 2 is 1.58 bits per heavy atom. The highest BCUT2D eigenvalue weighted by Gasteiger charge is 2.13. The van der Waals surface area contributed by atoms with Crippen LogP contribution in [0.2, 0.25) is 0 Å². The molecule has 0 aliphatic heterocycles. The van der Waals surface area contributed by atoms with Gasteiger partial charge in [-0.05, 0) is 50.9 Å². The van der Waals surface area contributed by atoms with Crippen LogP contribution in [-0.2, 0) is 6.54 Å². The SMILES string of the molecule is c1ccc(-c2nc3ccccn3c2CNCCCCNCCNC2CCCCC2)cc1. The Labute approximate surface area is 186 Å². The first-order chi connectivity index (χ1) is 15.4. The second kappa shape index (κ2) is 12.0.